The summed E-state index contributed by atoms with van der Waals surface area (Å²) in [5, 5.41) is 5.58. The highest BCUT2D eigenvalue weighted by Gasteiger charge is 2.08. The largest absolute Gasteiger partial charge is 0.352 e. The molecule has 1 amide bonds. The molecule has 6 heteroatoms. The van der Waals surface area contributed by atoms with Crippen molar-refractivity contribution in [3.05, 3.63) is 89.6 Å². The van der Waals surface area contributed by atoms with Crippen LogP contribution in [0.15, 0.2) is 66.9 Å². The highest BCUT2D eigenvalue weighted by atomic mass is 19.1. The summed E-state index contributed by atoms with van der Waals surface area (Å²) in [4.78, 5) is 16.2. The molecule has 0 bridgehead atoms. The van der Waals surface area contributed by atoms with Gasteiger partial charge in [0.1, 0.15) is 17.5 Å². The van der Waals surface area contributed by atoms with Crippen LogP contribution in [0.25, 0.3) is 0 Å². The van der Waals surface area contributed by atoms with Gasteiger partial charge in [-0.1, -0.05) is 30.3 Å². The van der Waals surface area contributed by atoms with Crippen LogP contribution in [-0.2, 0) is 6.42 Å². The van der Waals surface area contributed by atoms with Crippen molar-refractivity contribution in [2.75, 3.05) is 11.9 Å². The van der Waals surface area contributed by atoms with Crippen molar-refractivity contribution in [3.8, 4) is 0 Å². The Labute approximate surface area is 149 Å². The molecular formula is C20H17F2N3O. The number of hydrogen-bond donors (Lipinski definition) is 2. The zero-order valence-corrected chi connectivity index (χ0v) is 13.9. The SMILES string of the molecule is O=C(NCCc1ccccc1F)c1ccc(Nc2ccccc2F)nc1. The summed E-state index contributed by atoms with van der Waals surface area (Å²) in [5.74, 6) is -0.541. The van der Waals surface area contributed by atoms with E-state index in [0.717, 1.165) is 0 Å². The maximum Gasteiger partial charge on any atom is 0.252 e. The van der Waals surface area contributed by atoms with Crippen molar-refractivity contribution in [2.45, 2.75) is 6.42 Å². The van der Waals surface area contributed by atoms with Crippen LogP contribution in [-0.4, -0.2) is 17.4 Å². The molecule has 0 spiro atoms. The van der Waals surface area contributed by atoms with E-state index in [1.807, 2.05) is 0 Å². The van der Waals surface area contributed by atoms with E-state index < -0.39 is 0 Å². The molecule has 3 aromatic rings. The number of amides is 1. The second kappa shape index (κ2) is 8.20. The predicted octanol–water partition coefficient (Wildman–Crippen LogP) is 4.08. The zero-order chi connectivity index (χ0) is 18.4. The third kappa shape index (κ3) is 4.42. The van der Waals surface area contributed by atoms with Crippen molar-refractivity contribution in [1.82, 2.24) is 10.3 Å². The number of para-hydroxylation sites is 1. The van der Waals surface area contributed by atoms with Crippen LogP contribution in [0.2, 0.25) is 0 Å². The van der Waals surface area contributed by atoms with Crippen LogP contribution < -0.4 is 10.6 Å². The van der Waals surface area contributed by atoms with Gasteiger partial charge in [-0.25, -0.2) is 13.8 Å². The molecule has 0 atom stereocenters. The second-order valence-electron chi connectivity index (χ2n) is 5.63. The topological polar surface area (TPSA) is 54.0 Å². The average molecular weight is 353 g/mol. The van der Waals surface area contributed by atoms with Crippen LogP contribution in [0.4, 0.5) is 20.3 Å². The molecule has 0 aliphatic carbocycles. The van der Waals surface area contributed by atoms with E-state index in [1.165, 1.54) is 18.3 Å². The van der Waals surface area contributed by atoms with Crippen LogP contribution >= 0.6 is 0 Å². The molecule has 0 fully saturated rings. The lowest BCUT2D eigenvalue weighted by molar-refractivity contribution is 0.0953. The van der Waals surface area contributed by atoms with Gasteiger partial charge in [-0.3, -0.25) is 4.79 Å². The van der Waals surface area contributed by atoms with Crippen molar-refractivity contribution < 1.29 is 13.6 Å². The second-order valence-corrected chi connectivity index (χ2v) is 5.63. The van der Waals surface area contributed by atoms with Crippen molar-refractivity contribution in [1.29, 1.82) is 0 Å². The van der Waals surface area contributed by atoms with E-state index in [9.17, 15) is 13.6 Å². The van der Waals surface area contributed by atoms with Gasteiger partial charge < -0.3 is 10.6 Å². The molecule has 4 nitrogen and oxygen atoms in total. The van der Waals surface area contributed by atoms with Gasteiger partial charge in [-0.05, 0) is 42.3 Å². The van der Waals surface area contributed by atoms with E-state index >= 15 is 0 Å². The third-order valence-corrected chi connectivity index (χ3v) is 3.80. The van der Waals surface area contributed by atoms with E-state index in [-0.39, 0.29) is 17.5 Å². The minimum Gasteiger partial charge on any atom is -0.352 e. The Balaban J connectivity index is 1.55. The van der Waals surface area contributed by atoms with Gasteiger partial charge in [0, 0.05) is 12.7 Å². The quantitative estimate of drug-likeness (QED) is 0.702. The first kappa shape index (κ1) is 17.5. The first-order valence-electron chi connectivity index (χ1n) is 8.13. The number of hydrogen-bond acceptors (Lipinski definition) is 3. The third-order valence-electron chi connectivity index (χ3n) is 3.80. The van der Waals surface area contributed by atoms with Gasteiger partial charge in [0.05, 0.1) is 11.3 Å². The lowest BCUT2D eigenvalue weighted by atomic mass is 10.1. The molecule has 2 aromatic carbocycles. The lowest BCUT2D eigenvalue weighted by Crippen LogP contribution is -2.26. The first-order chi connectivity index (χ1) is 12.6. The molecule has 26 heavy (non-hydrogen) atoms. The highest BCUT2D eigenvalue weighted by Crippen LogP contribution is 2.18. The minimum absolute atomic E-state index is 0.285. The molecule has 0 unspecified atom stereocenters. The molecule has 1 aromatic heterocycles. The van der Waals surface area contributed by atoms with Crippen molar-refractivity contribution in [2.24, 2.45) is 0 Å². The Morgan fingerprint density at radius 2 is 1.65 bits per heavy atom. The molecule has 0 aliphatic rings. The number of aromatic nitrogens is 1. The number of anilines is 2. The van der Waals surface area contributed by atoms with Crippen LogP contribution in [0.5, 0.6) is 0 Å². The number of halogens is 2. The molecule has 3 rings (SSSR count). The standard InChI is InChI=1S/C20H17F2N3O/c21-16-6-2-1-5-14(16)11-12-23-20(26)15-9-10-19(24-13-15)25-18-8-4-3-7-17(18)22/h1-10,13H,11-12H2,(H,23,26)(H,24,25). The Morgan fingerprint density at radius 1 is 0.923 bits per heavy atom. The molecule has 2 N–H and O–H groups in total. The molecule has 0 aliphatic heterocycles. The molecule has 0 saturated carbocycles. The summed E-state index contributed by atoms with van der Waals surface area (Å²) in [7, 11) is 0. The van der Waals surface area contributed by atoms with Crippen LogP contribution in [0.1, 0.15) is 15.9 Å². The number of pyridine rings is 1. The summed E-state index contributed by atoms with van der Waals surface area (Å²) in [6.45, 7) is 0.314. The van der Waals surface area contributed by atoms with Gasteiger partial charge in [0.25, 0.3) is 5.91 Å². The van der Waals surface area contributed by atoms with E-state index in [4.69, 9.17) is 0 Å². The summed E-state index contributed by atoms with van der Waals surface area (Å²) >= 11 is 0. The number of rotatable bonds is 6. The Hall–Kier alpha value is -3.28. The minimum atomic E-state index is -0.385. The normalized spacial score (nSPS) is 10.4. The fourth-order valence-corrected chi connectivity index (χ4v) is 2.42. The summed E-state index contributed by atoms with van der Waals surface area (Å²) in [6.07, 6.45) is 1.81. The van der Waals surface area contributed by atoms with Gasteiger partial charge in [0.2, 0.25) is 0 Å². The first-order valence-corrected chi connectivity index (χ1v) is 8.13. The van der Waals surface area contributed by atoms with Crippen LogP contribution in [0.3, 0.4) is 0 Å². The van der Waals surface area contributed by atoms with Gasteiger partial charge in [-0.15, -0.1) is 0 Å². The van der Waals surface area contributed by atoms with Gasteiger partial charge >= 0.3 is 0 Å². The van der Waals surface area contributed by atoms with Crippen LogP contribution in [0, 0.1) is 11.6 Å². The molecule has 132 valence electrons. The molecule has 1 heterocycles. The Bertz CT molecular complexity index is 898. The molecule has 0 saturated heterocycles. The number of benzene rings is 2. The summed E-state index contributed by atoms with van der Waals surface area (Å²) < 4.78 is 27.1. The molecular weight excluding hydrogens is 336 g/mol. The van der Waals surface area contributed by atoms with E-state index in [0.29, 0.717) is 35.6 Å². The van der Waals surface area contributed by atoms with Crippen molar-refractivity contribution >= 4 is 17.4 Å². The maximum absolute atomic E-state index is 13.6. The van der Waals surface area contributed by atoms with Gasteiger partial charge in [0.15, 0.2) is 0 Å². The number of nitrogens with zero attached hydrogens (tertiary/aromatic N) is 1. The fraction of sp³-hybridized carbons (Fsp3) is 0.100. The fourth-order valence-electron chi connectivity index (χ4n) is 2.42. The summed E-state index contributed by atoms with van der Waals surface area (Å²) in [5.41, 5.74) is 1.23. The highest BCUT2D eigenvalue weighted by molar-refractivity contribution is 5.94. The number of carbonyl (C=O) groups is 1. The maximum atomic E-state index is 13.6. The monoisotopic (exact) mass is 353 g/mol. The average Bonchev–Trinajstić information content (AvgIpc) is 2.66. The van der Waals surface area contributed by atoms with E-state index in [1.54, 1.807) is 48.5 Å². The van der Waals surface area contributed by atoms with Crippen molar-refractivity contribution in [3.63, 3.8) is 0 Å². The van der Waals surface area contributed by atoms with Gasteiger partial charge in [-0.2, -0.15) is 0 Å². The number of nitrogens with one attached hydrogen (secondary N) is 2. The predicted molar refractivity (Wildman–Crippen MR) is 96.4 cm³/mol. The number of carbonyl (C=O) groups excluding carboxylic acids is 1. The smallest absolute Gasteiger partial charge is 0.252 e. The Morgan fingerprint density at radius 3 is 2.35 bits per heavy atom. The Kier molecular flexibility index (Phi) is 5.53. The summed E-state index contributed by atoms with van der Waals surface area (Å²) in [6, 6.07) is 15.9. The molecule has 0 radical (unpaired) electrons. The zero-order valence-electron chi connectivity index (χ0n) is 13.9. The van der Waals surface area contributed by atoms with E-state index in [2.05, 4.69) is 15.6 Å². The lowest BCUT2D eigenvalue weighted by Gasteiger charge is -2.08.